The zero-order valence-corrected chi connectivity index (χ0v) is 15.2. The average Bonchev–Trinajstić information content (AvgIpc) is 3.05. The summed E-state index contributed by atoms with van der Waals surface area (Å²) >= 11 is 0. The van der Waals surface area contributed by atoms with Gasteiger partial charge in [-0.15, -0.1) is 0 Å². The Balaban J connectivity index is 1.79. The van der Waals surface area contributed by atoms with E-state index in [2.05, 4.69) is 9.88 Å². The summed E-state index contributed by atoms with van der Waals surface area (Å²) in [5, 5.41) is 0. The fraction of sp³-hybridized carbons (Fsp3) is 0.706. The molecule has 0 radical (unpaired) electrons. The van der Waals surface area contributed by atoms with E-state index in [9.17, 15) is 4.79 Å². The number of carbonyl (C=O) groups excluding carboxylic acids is 1. The molecule has 2 aliphatic rings. The van der Waals surface area contributed by atoms with Crippen LogP contribution < -0.4 is 9.80 Å². The van der Waals surface area contributed by atoms with Gasteiger partial charge in [0.1, 0.15) is 5.82 Å². The molecule has 0 N–H and O–H groups in total. The van der Waals surface area contributed by atoms with E-state index in [0.717, 1.165) is 37.6 Å². The number of carbonyl (C=O) groups is 1. The Morgan fingerprint density at radius 2 is 1.75 bits per heavy atom. The highest BCUT2D eigenvalue weighted by Gasteiger charge is 2.27. The molecule has 7 heteroatoms. The van der Waals surface area contributed by atoms with Crippen molar-refractivity contribution in [3.05, 3.63) is 11.3 Å². The smallest absolute Gasteiger partial charge is 0.237 e. The van der Waals surface area contributed by atoms with Gasteiger partial charge in [0.15, 0.2) is 0 Å². The van der Waals surface area contributed by atoms with Gasteiger partial charge < -0.3 is 14.7 Å². The van der Waals surface area contributed by atoms with E-state index in [1.54, 1.807) is 0 Å². The molecular weight excluding hydrogens is 304 g/mol. The Bertz CT molecular complexity index is 609. The van der Waals surface area contributed by atoms with Gasteiger partial charge in [0, 0.05) is 40.3 Å². The molecule has 0 unspecified atom stereocenters. The largest absolute Gasteiger partial charge is 0.362 e. The molecule has 0 aromatic carbocycles. The first-order valence-corrected chi connectivity index (χ1v) is 8.70. The van der Waals surface area contributed by atoms with Gasteiger partial charge in [0.2, 0.25) is 11.9 Å². The minimum atomic E-state index is 0.221. The van der Waals surface area contributed by atoms with Crippen molar-refractivity contribution in [1.29, 1.82) is 0 Å². The maximum absolute atomic E-state index is 12.6. The summed E-state index contributed by atoms with van der Waals surface area (Å²) in [5.74, 6) is 1.89. The Morgan fingerprint density at radius 1 is 1.04 bits per heavy atom. The van der Waals surface area contributed by atoms with Crippen LogP contribution in [0.3, 0.4) is 0 Å². The number of rotatable bonds is 4. The number of hydrogen-bond donors (Lipinski definition) is 0. The Hall–Kier alpha value is -1.89. The topological polar surface area (TPSA) is 55.8 Å². The van der Waals surface area contributed by atoms with Crippen molar-refractivity contribution in [2.45, 2.75) is 25.8 Å². The van der Waals surface area contributed by atoms with Crippen LogP contribution in [0.5, 0.6) is 0 Å². The summed E-state index contributed by atoms with van der Waals surface area (Å²) < 4.78 is 0. The van der Waals surface area contributed by atoms with E-state index >= 15 is 0 Å². The van der Waals surface area contributed by atoms with Crippen LogP contribution in [0.4, 0.5) is 11.8 Å². The fourth-order valence-electron chi connectivity index (χ4n) is 3.41. The number of fused-ring (bicyclic) bond motifs is 1. The average molecular weight is 332 g/mol. The predicted octanol–water partition coefficient (Wildman–Crippen LogP) is 0.589. The van der Waals surface area contributed by atoms with Crippen LogP contribution in [-0.2, 0) is 17.8 Å². The molecule has 2 aliphatic heterocycles. The number of anilines is 2. The molecule has 0 bridgehead atoms. The highest BCUT2D eigenvalue weighted by atomic mass is 16.2. The summed E-state index contributed by atoms with van der Waals surface area (Å²) in [4.78, 5) is 30.2. The molecule has 0 spiro atoms. The third-order valence-electron chi connectivity index (χ3n) is 4.77. The predicted molar refractivity (Wildman–Crippen MR) is 95.5 cm³/mol. The molecule has 0 saturated carbocycles. The molecule has 1 aromatic heterocycles. The number of nitrogens with zero attached hydrogens (tertiary/aromatic N) is 6. The lowest BCUT2D eigenvalue weighted by Crippen LogP contribution is -2.42. The van der Waals surface area contributed by atoms with Crippen LogP contribution in [0.2, 0.25) is 0 Å². The Morgan fingerprint density at radius 3 is 2.38 bits per heavy atom. The second-order valence-electron chi connectivity index (χ2n) is 7.11. The van der Waals surface area contributed by atoms with Crippen LogP contribution in [0, 0.1) is 0 Å². The normalized spacial score (nSPS) is 17.8. The van der Waals surface area contributed by atoms with Crippen LogP contribution in [0.15, 0.2) is 0 Å². The fourth-order valence-corrected chi connectivity index (χ4v) is 3.41. The second kappa shape index (κ2) is 6.93. The van der Waals surface area contributed by atoms with E-state index in [0.29, 0.717) is 19.0 Å². The monoisotopic (exact) mass is 332 g/mol. The molecule has 24 heavy (non-hydrogen) atoms. The van der Waals surface area contributed by atoms with Crippen molar-refractivity contribution in [1.82, 2.24) is 19.8 Å². The summed E-state index contributed by atoms with van der Waals surface area (Å²) in [6, 6.07) is 0. The number of hydrogen-bond acceptors (Lipinski definition) is 6. The second-order valence-corrected chi connectivity index (χ2v) is 7.11. The first-order chi connectivity index (χ1) is 11.5. The maximum atomic E-state index is 12.6. The lowest BCUT2D eigenvalue weighted by atomic mass is 10.0. The van der Waals surface area contributed by atoms with Gasteiger partial charge in [-0.1, -0.05) is 0 Å². The molecule has 1 aromatic rings. The highest BCUT2D eigenvalue weighted by molar-refractivity contribution is 5.78. The molecule has 1 amide bonds. The Labute approximate surface area is 144 Å². The van der Waals surface area contributed by atoms with Gasteiger partial charge in [0.05, 0.1) is 18.8 Å². The number of aromatic nitrogens is 2. The van der Waals surface area contributed by atoms with Crippen molar-refractivity contribution in [2.24, 2.45) is 0 Å². The van der Waals surface area contributed by atoms with Gasteiger partial charge in [-0.2, -0.15) is 4.98 Å². The first kappa shape index (κ1) is 17.0. The molecule has 3 rings (SSSR count). The molecule has 0 atom stereocenters. The Kier molecular flexibility index (Phi) is 4.89. The van der Waals surface area contributed by atoms with E-state index in [1.807, 2.05) is 42.9 Å². The SMILES string of the molecule is CN(C)c1nc2c(c(N(C)C)n1)CCN(C(=O)CN1CCCC1)C2. The molecule has 0 aliphatic carbocycles. The van der Waals surface area contributed by atoms with Crippen molar-refractivity contribution >= 4 is 17.7 Å². The van der Waals surface area contributed by atoms with Gasteiger partial charge in [-0.05, 0) is 32.4 Å². The highest BCUT2D eigenvalue weighted by Crippen LogP contribution is 2.27. The summed E-state index contributed by atoms with van der Waals surface area (Å²) in [5.41, 5.74) is 2.16. The van der Waals surface area contributed by atoms with Crippen LogP contribution in [0.1, 0.15) is 24.1 Å². The van der Waals surface area contributed by atoms with E-state index in [1.165, 1.54) is 18.4 Å². The van der Waals surface area contributed by atoms with Gasteiger partial charge in [-0.3, -0.25) is 9.69 Å². The van der Waals surface area contributed by atoms with Gasteiger partial charge >= 0.3 is 0 Å². The van der Waals surface area contributed by atoms with Crippen molar-refractivity contribution in [3.8, 4) is 0 Å². The maximum Gasteiger partial charge on any atom is 0.237 e. The summed E-state index contributed by atoms with van der Waals surface area (Å²) in [6.45, 7) is 3.99. The van der Waals surface area contributed by atoms with Crippen LogP contribution in [0.25, 0.3) is 0 Å². The van der Waals surface area contributed by atoms with Crippen molar-refractivity contribution < 1.29 is 4.79 Å². The van der Waals surface area contributed by atoms with Gasteiger partial charge in [-0.25, -0.2) is 4.98 Å². The first-order valence-electron chi connectivity index (χ1n) is 8.70. The lowest BCUT2D eigenvalue weighted by Gasteiger charge is -2.32. The van der Waals surface area contributed by atoms with Crippen LogP contribution in [-0.4, -0.2) is 80.0 Å². The number of likely N-dealkylation sites (tertiary alicyclic amines) is 1. The molecule has 1 fully saturated rings. The van der Waals surface area contributed by atoms with Crippen molar-refractivity contribution in [3.63, 3.8) is 0 Å². The third-order valence-corrected chi connectivity index (χ3v) is 4.77. The van der Waals surface area contributed by atoms with Crippen molar-refractivity contribution in [2.75, 3.05) is 64.2 Å². The third kappa shape index (κ3) is 3.45. The number of amides is 1. The molecule has 7 nitrogen and oxygen atoms in total. The van der Waals surface area contributed by atoms with Crippen LogP contribution >= 0.6 is 0 Å². The van der Waals surface area contributed by atoms with Gasteiger partial charge in [0.25, 0.3) is 0 Å². The minimum absolute atomic E-state index is 0.221. The molecule has 1 saturated heterocycles. The molecule has 132 valence electrons. The lowest BCUT2D eigenvalue weighted by molar-refractivity contribution is -0.133. The summed E-state index contributed by atoms with van der Waals surface area (Å²) in [6.07, 6.45) is 3.24. The van der Waals surface area contributed by atoms with E-state index in [-0.39, 0.29) is 5.91 Å². The quantitative estimate of drug-likeness (QED) is 0.804. The summed E-state index contributed by atoms with van der Waals surface area (Å²) in [7, 11) is 7.90. The minimum Gasteiger partial charge on any atom is -0.362 e. The zero-order chi connectivity index (χ0) is 17.3. The zero-order valence-electron chi connectivity index (χ0n) is 15.2. The standard InChI is InChI=1S/C17H28N6O/c1-20(2)16-13-7-10-23(15(24)12-22-8-5-6-9-22)11-14(13)18-17(19-16)21(3)4/h5-12H2,1-4H3. The molecular formula is C17H28N6O. The van der Waals surface area contributed by atoms with E-state index in [4.69, 9.17) is 4.98 Å². The van der Waals surface area contributed by atoms with E-state index < -0.39 is 0 Å². The molecule has 3 heterocycles.